The zero-order chi connectivity index (χ0) is 15.4. The molecule has 0 amide bonds. The van der Waals surface area contributed by atoms with Crippen LogP contribution in [-0.4, -0.2) is 13.1 Å². The number of carbonyl (C=O) groups is 1. The fraction of sp³-hybridized carbons (Fsp3) is 0.133. The molecule has 0 aromatic heterocycles. The Balaban J connectivity index is 2.08. The number of nitrogens with two attached hydrogens (primary N) is 1. The van der Waals surface area contributed by atoms with E-state index >= 15 is 0 Å². The van der Waals surface area contributed by atoms with Crippen LogP contribution in [0.15, 0.2) is 36.4 Å². The zero-order valence-corrected chi connectivity index (χ0v) is 11.2. The van der Waals surface area contributed by atoms with E-state index in [1.54, 1.807) is 24.3 Å². The van der Waals surface area contributed by atoms with Gasteiger partial charge in [-0.05, 0) is 29.8 Å². The van der Waals surface area contributed by atoms with Crippen LogP contribution < -0.4 is 10.5 Å². The largest absolute Gasteiger partial charge is 0.497 e. The summed E-state index contributed by atoms with van der Waals surface area (Å²) in [6.45, 7) is -0.0707. The number of benzene rings is 2. The molecule has 0 spiro atoms. The Morgan fingerprint density at radius 3 is 2.48 bits per heavy atom. The van der Waals surface area contributed by atoms with Gasteiger partial charge < -0.3 is 15.2 Å². The van der Waals surface area contributed by atoms with E-state index in [2.05, 4.69) is 0 Å². The van der Waals surface area contributed by atoms with Gasteiger partial charge in [0.05, 0.1) is 12.8 Å². The number of carbonyl (C=O) groups excluding carboxylic acids is 1. The van der Waals surface area contributed by atoms with Gasteiger partial charge >= 0.3 is 5.97 Å². The van der Waals surface area contributed by atoms with Crippen molar-refractivity contribution < 1.29 is 23.0 Å². The molecule has 0 unspecified atom stereocenters. The van der Waals surface area contributed by atoms with E-state index in [-0.39, 0.29) is 6.61 Å². The average molecular weight is 293 g/mol. The van der Waals surface area contributed by atoms with Crippen LogP contribution in [0.1, 0.15) is 15.9 Å². The van der Waals surface area contributed by atoms with Crippen molar-refractivity contribution in [1.29, 1.82) is 0 Å². The minimum absolute atomic E-state index is 0.0707. The normalized spacial score (nSPS) is 10.2. The molecule has 4 nitrogen and oxygen atoms in total. The van der Waals surface area contributed by atoms with Gasteiger partial charge in [-0.3, -0.25) is 0 Å². The van der Waals surface area contributed by atoms with Gasteiger partial charge in [0, 0.05) is 0 Å². The number of nitrogen functional groups attached to an aromatic ring is 1. The number of hydrogen-bond acceptors (Lipinski definition) is 4. The third kappa shape index (κ3) is 3.47. The summed E-state index contributed by atoms with van der Waals surface area (Å²) >= 11 is 0. The van der Waals surface area contributed by atoms with Crippen molar-refractivity contribution in [3.63, 3.8) is 0 Å². The molecule has 2 aromatic rings. The van der Waals surface area contributed by atoms with Crippen LogP contribution in [0.2, 0.25) is 0 Å². The standard InChI is InChI=1S/C15H13F2NO3/c1-20-11-4-2-9(3-5-11)8-21-15(19)12-6-10(16)7-13(18)14(12)17/h2-7H,8,18H2,1H3. The second-order valence-electron chi connectivity index (χ2n) is 4.28. The number of rotatable bonds is 4. The highest BCUT2D eigenvalue weighted by Gasteiger charge is 2.17. The van der Waals surface area contributed by atoms with Gasteiger partial charge in [0.2, 0.25) is 0 Å². The monoisotopic (exact) mass is 293 g/mol. The molecule has 0 saturated carbocycles. The predicted octanol–water partition coefficient (Wildman–Crippen LogP) is 2.91. The first kappa shape index (κ1) is 14.8. The second kappa shape index (κ2) is 6.21. The van der Waals surface area contributed by atoms with E-state index in [1.165, 1.54) is 7.11 Å². The van der Waals surface area contributed by atoms with E-state index in [0.717, 1.165) is 12.1 Å². The van der Waals surface area contributed by atoms with E-state index in [9.17, 15) is 13.6 Å². The summed E-state index contributed by atoms with van der Waals surface area (Å²) in [5, 5.41) is 0. The van der Waals surface area contributed by atoms with Gasteiger partial charge in [0.15, 0.2) is 5.82 Å². The molecular weight excluding hydrogens is 280 g/mol. The van der Waals surface area contributed by atoms with Crippen LogP contribution in [0.25, 0.3) is 0 Å². The lowest BCUT2D eigenvalue weighted by Gasteiger charge is -2.08. The van der Waals surface area contributed by atoms with Crippen molar-refractivity contribution in [2.45, 2.75) is 6.61 Å². The van der Waals surface area contributed by atoms with E-state index in [1.807, 2.05) is 0 Å². The van der Waals surface area contributed by atoms with E-state index < -0.39 is 28.9 Å². The first-order valence-corrected chi connectivity index (χ1v) is 6.06. The first-order chi connectivity index (χ1) is 10.0. The van der Waals surface area contributed by atoms with Crippen molar-refractivity contribution >= 4 is 11.7 Å². The molecule has 2 N–H and O–H groups in total. The molecule has 21 heavy (non-hydrogen) atoms. The summed E-state index contributed by atoms with van der Waals surface area (Å²) in [5.41, 5.74) is 4.99. The third-order valence-electron chi connectivity index (χ3n) is 2.81. The minimum atomic E-state index is -0.990. The van der Waals surface area contributed by atoms with Crippen LogP contribution in [-0.2, 0) is 11.3 Å². The highest BCUT2D eigenvalue weighted by molar-refractivity contribution is 5.90. The number of methoxy groups -OCH3 is 1. The number of esters is 1. The number of anilines is 1. The van der Waals surface area contributed by atoms with Gasteiger partial charge in [-0.1, -0.05) is 12.1 Å². The quantitative estimate of drug-likeness (QED) is 0.695. The molecule has 6 heteroatoms. The molecule has 0 saturated heterocycles. The summed E-state index contributed by atoms with van der Waals surface area (Å²) in [5.74, 6) is -2.11. The van der Waals surface area contributed by atoms with Gasteiger partial charge in [0.1, 0.15) is 23.7 Å². The number of hydrogen-bond donors (Lipinski definition) is 1. The molecule has 0 aliphatic carbocycles. The van der Waals surface area contributed by atoms with Crippen molar-refractivity contribution in [2.75, 3.05) is 12.8 Å². The molecule has 0 aliphatic rings. The second-order valence-corrected chi connectivity index (χ2v) is 4.28. The topological polar surface area (TPSA) is 61.5 Å². The minimum Gasteiger partial charge on any atom is -0.497 e. The Kier molecular flexibility index (Phi) is 4.37. The van der Waals surface area contributed by atoms with Crippen LogP contribution in [0, 0.1) is 11.6 Å². The number of ether oxygens (including phenoxy) is 2. The van der Waals surface area contributed by atoms with Crippen molar-refractivity contribution in [2.24, 2.45) is 0 Å². The smallest absolute Gasteiger partial charge is 0.341 e. The average Bonchev–Trinajstić information content (AvgIpc) is 2.49. The van der Waals surface area contributed by atoms with Crippen molar-refractivity contribution in [3.8, 4) is 5.75 Å². The Hall–Kier alpha value is -2.63. The lowest BCUT2D eigenvalue weighted by Crippen LogP contribution is -2.10. The first-order valence-electron chi connectivity index (χ1n) is 6.06. The molecule has 0 heterocycles. The molecule has 0 bridgehead atoms. The van der Waals surface area contributed by atoms with Gasteiger partial charge in [-0.2, -0.15) is 0 Å². The van der Waals surface area contributed by atoms with Crippen LogP contribution in [0.3, 0.4) is 0 Å². The molecule has 2 aromatic carbocycles. The Bertz CT molecular complexity index is 657. The summed E-state index contributed by atoms with van der Waals surface area (Å²) in [4.78, 5) is 11.8. The predicted molar refractivity (Wildman–Crippen MR) is 72.9 cm³/mol. The molecular formula is C15H13F2NO3. The SMILES string of the molecule is COc1ccc(COC(=O)c2cc(F)cc(N)c2F)cc1. The van der Waals surface area contributed by atoms with Crippen molar-refractivity contribution in [3.05, 3.63) is 59.2 Å². The zero-order valence-electron chi connectivity index (χ0n) is 11.2. The molecule has 0 atom stereocenters. The molecule has 0 radical (unpaired) electrons. The van der Waals surface area contributed by atoms with E-state index in [4.69, 9.17) is 15.2 Å². The molecule has 0 aliphatic heterocycles. The Labute approximate surface area is 120 Å². The lowest BCUT2D eigenvalue weighted by molar-refractivity contribution is 0.0467. The highest BCUT2D eigenvalue weighted by Crippen LogP contribution is 2.19. The van der Waals surface area contributed by atoms with Crippen LogP contribution in [0.5, 0.6) is 5.75 Å². The Morgan fingerprint density at radius 2 is 1.86 bits per heavy atom. The molecule has 2 rings (SSSR count). The van der Waals surface area contributed by atoms with E-state index in [0.29, 0.717) is 11.3 Å². The summed E-state index contributed by atoms with van der Waals surface area (Å²) in [6, 6.07) is 8.34. The van der Waals surface area contributed by atoms with Crippen molar-refractivity contribution in [1.82, 2.24) is 0 Å². The molecule has 110 valence electrons. The van der Waals surface area contributed by atoms with Crippen LogP contribution >= 0.6 is 0 Å². The molecule has 0 fully saturated rings. The van der Waals surface area contributed by atoms with Gasteiger partial charge in [-0.15, -0.1) is 0 Å². The lowest BCUT2D eigenvalue weighted by atomic mass is 10.2. The fourth-order valence-electron chi connectivity index (χ4n) is 1.71. The summed E-state index contributed by atoms with van der Waals surface area (Å²) < 4.78 is 36.7. The number of halogens is 2. The fourth-order valence-corrected chi connectivity index (χ4v) is 1.71. The maximum atomic E-state index is 13.6. The van der Waals surface area contributed by atoms with Crippen LogP contribution in [0.4, 0.5) is 14.5 Å². The summed E-state index contributed by atoms with van der Waals surface area (Å²) in [6.07, 6.45) is 0. The maximum Gasteiger partial charge on any atom is 0.341 e. The van der Waals surface area contributed by atoms with Gasteiger partial charge in [0.25, 0.3) is 0 Å². The Morgan fingerprint density at radius 1 is 1.19 bits per heavy atom. The third-order valence-corrected chi connectivity index (χ3v) is 2.81. The van der Waals surface area contributed by atoms with Gasteiger partial charge in [-0.25, -0.2) is 13.6 Å². The maximum absolute atomic E-state index is 13.6. The summed E-state index contributed by atoms with van der Waals surface area (Å²) in [7, 11) is 1.53. The highest BCUT2D eigenvalue weighted by atomic mass is 19.1.